The third-order valence-electron chi connectivity index (χ3n) is 1.49. The summed E-state index contributed by atoms with van der Waals surface area (Å²) >= 11 is 1.65. The van der Waals surface area contributed by atoms with Crippen LogP contribution in [0, 0.1) is 0 Å². The zero-order valence-corrected chi connectivity index (χ0v) is 8.45. The van der Waals surface area contributed by atoms with Gasteiger partial charge in [-0.3, -0.25) is 4.79 Å². The average Bonchev–Trinajstić information content (AvgIpc) is 2.32. The summed E-state index contributed by atoms with van der Waals surface area (Å²) in [6.07, 6.45) is 1.08. The smallest absolute Gasteiger partial charge is 0.238 e. The largest absolute Gasteiger partial charge is 0.332 e. The highest BCUT2D eigenvalue weighted by Crippen LogP contribution is 2.13. The van der Waals surface area contributed by atoms with Gasteiger partial charge >= 0.3 is 0 Å². The van der Waals surface area contributed by atoms with Gasteiger partial charge in [0, 0.05) is 18.6 Å². The molecule has 1 amide bonds. The molecule has 0 N–H and O–H groups in total. The van der Waals surface area contributed by atoms with E-state index in [4.69, 9.17) is 0 Å². The maximum absolute atomic E-state index is 11.2. The first-order valence-electron chi connectivity index (χ1n) is 3.52. The monoisotopic (exact) mass is 209 g/mol. The predicted octanol–water partition coefficient (Wildman–Crippen LogP) is -0.436. The Kier molecular flexibility index (Phi) is 3.00. The first kappa shape index (κ1) is 9.85. The van der Waals surface area contributed by atoms with Gasteiger partial charge in [-0.15, -0.1) is 11.8 Å². The van der Waals surface area contributed by atoms with Crippen molar-refractivity contribution in [3.63, 3.8) is 0 Å². The summed E-state index contributed by atoms with van der Waals surface area (Å²) < 4.78 is 21.5. The maximum Gasteiger partial charge on any atom is 0.238 e. The number of amides is 1. The van der Waals surface area contributed by atoms with Gasteiger partial charge in [0.25, 0.3) is 0 Å². The summed E-state index contributed by atoms with van der Waals surface area (Å²) in [6.45, 7) is 0.680. The van der Waals surface area contributed by atoms with E-state index in [-0.39, 0.29) is 11.7 Å². The van der Waals surface area contributed by atoms with Crippen LogP contribution < -0.4 is 0 Å². The lowest BCUT2D eigenvalue weighted by Crippen LogP contribution is -2.33. The van der Waals surface area contributed by atoms with E-state index in [1.807, 2.05) is 0 Å². The Bertz CT molecular complexity index is 267. The fraction of sp³-hybridized carbons (Fsp3) is 0.833. The van der Waals surface area contributed by atoms with Crippen molar-refractivity contribution >= 4 is 27.5 Å². The minimum absolute atomic E-state index is 0.275. The fourth-order valence-corrected chi connectivity index (χ4v) is 2.53. The number of thioether (sulfide) groups is 1. The number of rotatable bonds is 2. The molecule has 12 heavy (non-hydrogen) atoms. The molecule has 0 radical (unpaired) electrons. The Morgan fingerprint density at radius 1 is 1.58 bits per heavy atom. The normalized spacial score (nSPS) is 18.2. The van der Waals surface area contributed by atoms with Crippen LogP contribution >= 0.6 is 11.8 Å². The molecule has 1 aliphatic heterocycles. The molecule has 0 aromatic carbocycles. The van der Waals surface area contributed by atoms with Crippen molar-refractivity contribution in [1.29, 1.82) is 0 Å². The van der Waals surface area contributed by atoms with E-state index in [1.165, 1.54) is 0 Å². The van der Waals surface area contributed by atoms with Gasteiger partial charge in [-0.05, 0) is 0 Å². The number of nitrogens with zero attached hydrogens (tertiary/aromatic N) is 1. The van der Waals surface area contributed by atoms with Crippen LogP contribution in [0.4, 0.5) is 0 Å². The molecule has 70 valence electrons. The minimum Gasteiger partial charge on any atom is -0.332 e. The second-order valence-electron chi connectivity index (χ2n) is 2.76. The number of sulfone groups is 1. The van der Waals surface area contributed by atoms with Crippen LogP contribution in [0.1, 0.15) is 0 Å². The number of hydrogen-bond donors (Lipinski definition) is 0. The van der Waals surface area contributed by atoms with E-state index in [1.54, 1.807) is 16.7 Å². The van der Waals surface area contributed by atoms with Gasteiger partial charge in [-0.2, -0.15) is 0 Å². The first-order valence-corrected chi connectivity index (χ1v) is 6.74. The van der Waals surface area contributed by atoms with Gasteiger partial charge in [-0.1, -0.05) is 0 Å². The molecule has 4 nitrogen and oxygen atoms in total. The Morgan fingerprint density at radius 3 is 2.67 bits per heavy atom. The molecule has 0 aliphatic carbocycles. The third kappa shape index (κ3) is 3.02. The van der Waals surface area contributed by atoms with Gasteiger partial charge in [-0.25, -0.2) is 8.42 Å². The summed E-state index contributed by atoms with van der Waals surface area (Å²) in [7, 11) is -3.16. The third-order valence-corrected chi connectivity index (χ3v) is 3.23. The lowest BCUT2D eigenvalue weighted by atomic mass is 10.5. The molecule has 0 aromatic rings. The van der Waals surface area contributed by atoms with Gasteiger partial charge in [0.2, 0.25) is 5.91 Å². The molecule has 1 fully saturated rings. The maximum atomic E-state index is 11.2. The molecule has 0 bridgehead atoms. The van der Waals surface area contributed by atoms with E-state index in [0.717, 1.165) is 12.0 Å². The first-order chi connectivity index (χ1) is 5.49. The van der Waals surface area contributed by atoms with Crippen molar-refractivity contribution in [2.75, 3.05) is 30.2 Å². The van der Waals surface area contributed by atoms with E-state index in [0.29, 0.717) is 12.4 Å². The van der Waals surface area contributed by atoms with Gasteiger partial charge in [0.15, 0.2) is 9.84 Å². The van der Waals surface area contributed by atoms with Crippen LogP contribution in [-0.4, -0.2) is 49.4 Å². The van der Waals surface area contributed by atoms with Crippen LogP contribution in [0.3, 0.4) is 0 Å². The van der Waals surface area contributed by atoms with E-state index in [9.17, 15) is 13.2 Å². The number of hydrogen-bond acceptors (Lipinski definition) is 4. The van der Waals surface area contributed by atoms with Crippen molar-refractivity contribution in [3.8, 4) is 0 Å². The predicted molar refractivity (Wildman–Crippen MR) is 48.7 cm³/mol. The second kappa shape index (κ2) is 3.66. The molecule has 1 aliphatic rings. The summed E-state index contributed by atoms with van der Waals surface area (Å²) in [5.41, 5.74) is 0. The lowest BCUT2D eigenvalue weighted by Gasteiger charge is -2.12. The molecular formula is C6H11NO3S2. The Labute approximate surface area is 76.2 Å². The van der Waals surface area contributed by atoms with Crippen molar-refractivity contribution in [1.82, 2.24) is 4.90 Å². The molecule has 0 unspecified atom stereocenters. The summed E-state index contributed by atoms with van der Waals surface area (Å²) in [4.78, 5) is 12.8. The minimum atomic E-state index is -3.16. The van der Waals surface area contributed by atoms with Crippen LogP contribution in [0.25, 0.3) is 0 Å². The average molecular weight is 209 g/mol. The number of carbonyl (C=O) groups excluding carboxylic acids is 1. The molecule has 0 aromatic heterocycles. The Hall–Kier alpha value is -0.230. The van der Waals surface area contributed by atoms with Crippen LogP contribution in [0.5, 0.6) is 0 Å². The van der Waals surface area contributed by atoms with Gasteiger partial charge in [0.05, 0.1) is 5.88 Å². The highest BCUT2D eigenvalue weighted by atomic mass is 32.2. The van der Waals surface area contributed by atoms with Crippen LogP contribution in [0.15, 0.2) is 0 Å². The molecule has 0 saturated carbocycles. The Balaban J connectivity index is 2.48. The van der Waals surface area contributed by atoms with Crippen LogP contribution in [-0.2, 0) is 14.6 Å². The molecule has 1 saturated heterocycles. The molecule has 1 rings (SSSR count). The summed E-state index contributed by atoms with van der Waals surface area (Å²) in [5, 5.41) is 0. The lowest BCUT2D eigenvalue weighted by molar-refractivity contribution is -0.126. The van der Waals surface area contributed by atoms with Crippen LogP contribution in [0.2, 0.25) is 0 Å². The zero-order valence-electron chi connectivity index (χ0n) is 6.82. The highest BCUT2D eigenvalue weighted by Gasteiger charge is 2.21. The Morgan fingerprint density at radius 2 is 2.25 bits per heavy atom. The standard InChI is InChI=1S/C6H11NO3S2/c1-12(9,10)4-6(8)7-2-3-11-5-7/h2-5H2,1H3. The fourth-order valence-electron chi connectivity index (χ4n) is 0.926. The molecule has 6 heteroatoms. The van der Waals surface area contributed by atoms with Crippen molar-refractivity contribution in [2.45, 2.75) is 0 Å². The second-order valence-corrected chi connectivity index (χ2v) is 5.98. The van der Waals surface area contributed by atoms with Gasteiger partial charge < -0.3 is 4.90 Å². The van der Waals surface area contributed by atoms with Crippen molar-refractivity contribution in [3.05, 3.63) is 0 Å². The topological polar surface area (TPSA) is 54.5 Å². The van der Waals surface area contributed by atoms with Gasteiger partial charge in [0.1, 0.15) is 5.75 Å². The van der Waals surface area contributed by atoms with Crippen molar-refractivity contribution in [2.24, 2.45) is 0 Å². The molecule has 0 atom stereocenters. The summed E-state index contributed by atoms with van der Waals surface area (Å²) in [5.74, 6) is 0.916. The number of carbonyl (C=O) groups is 1. The van der Waals surface area contributed by atoms with E-state index in [2.05, 4.69) is 0 Å². The quantitative estimate of drug-likeness (QED) is 0.619. The summed E-state index contributed by atoms with van der Waals surface area (Å²) in [6, 6.07) is 0. The molecule has 1 heterocycles. The SMILES string of the molecule is CS(=O)(=O)CC(=O)N1CCSC1. The highest BCUT2D eigenvalue weighted by molar-refractivity contribution is 7.99. The molecule has 0 spiro atoms. The van der Waals surface area contributed by atoms with Crippen molar-refractivity contribution < 1.29 is 13.2 Å². The van der Waals surface area contributed by atoms with E-state index < -0.39 is 9.84 Å². The zero-order chi connectivity index (χ0) is 9.19. The molecular weight excluding hydrogens is 198 g/mol. The van der Waals surface area contributed by atoms with E-state index >= 15 is 0 Å².